The highest BCUT2D eigenvalue weighted by atomic mass is 16.5. The summed E-state index contributed by atoms with van der Waals surface area (Å²) in [7, 11) is 1.80. The van der Waals surface area contributed by atoms with Crippen LogP contribution in [0, 0.1) is 5.41 Å². The van der Waals surface area contributed by atoms with Gasteiger partial charge >= 0.3 is 0 Å². The number of rotatable bonds is 7. The van der Waals surface area contributed by atoms with Gasteiger partial charge in [0.2, 0.25) is 0 Å². The Morgan fingerprint density at radius 2 is 2.05 bits per heavy atom. The molecule has 110 valence electrons. The molecule has 0 unspecified atom stereocenters. The van der Waals surface area contributed by atoms with E-state index in [2.05, 4.69) is 17.6 Å². The monoisotopic (exact) mass is 267 g/mol. The molecule has 4 heteroatoms. The third-order valence-electron chi connectivity index (χ3n) is 4.34. The average molecular weight is 267 g/mol. The minimum atomic E-state index is 0.391. The maximum Gasteiger partial charge on any atom is 0.191 e. The lowest BCUT2D eigenvalue weighted by atomic mass is 9.83. The number of aliphatic imine (C=N–C) groups is 1. The van der Waals surface area contributed by atoms with E-state index in [9.17, 15) is 0 Å². The van der Waals surface area contributed by atoms with E-state index in [4.69, 9.17) is 9.73 Å². The molecular formula is C15H29N3O. The second kappa shape index (κ2) is 7.13. The predicted molar refractivity (Wildman–Crippen MR) is 79.5 cm³/mol. The molecule has 0 atom stereocenters. The maximum absolute atomic E-state index is 5.28. The summed E-state index contributed by atoms with van der Waals surface area (Å²) in [4.78, 5) is 4.84. The second-order valence-corrected chi connectivity index (χ2v) is 6.06. The van der Waals surface area contributed by atoms with Crippen LogP contribution in [0.15, 0.2) is 4.99 Å². The van der Waals surface area contributed by atoms with Crippen molar-refractivity contribution in [2.45, 2.75) is 57.9 Å². The van der Waals surface area contributed by atoms with Crippen LogP contribution in [-0.2, 0) is 4.74 Å². The molecule has 0 spiro atoms. The molecule has 0 radical (unpaired) electrons. The Morgan fingerprint density at radius 1 is 1.32 bits per heavy atom. The van der Waals surface area contributed by atoms with Gasteiger partial charge in [0.05, 0.1) is 0 Å². The fraction of sp³-hybridized carbons (Fsp3) is 0.933. The van der Waals surface area contributed by atoms with Crippen LogP contribution in [0.4, 0.5) is 0 Å². The number of nitrogens with zero attached hydrogens (tertiary/aromatic N) is 1. The van der Waals surface area contributed by atoms with Crippen LogP contribution in [0.2, 0.25) is 0 Å². The van der Waals surface area contributed by atoms with Crippen molar-refractivity contribution in [1.82, 2.24) is 10.6 Å². The third kappa shape index (κ3) is 4.68. The van der Waals surface area contributed by atoms with E-state index >= 15 is 0 Å². The van der Waals surface area contributed by atoms with Crippen LogP contribution in [0.3, 0.4) is 0 Å². The van der Waals surface area contributed by atoms with Crippen molar-refractivity contribution in [2.75, 3.05) is 26.8 Å². The lowest BCUT2D eigenvalue weighted by molar-refractivity contribution is 0.141. The Bertz CT molecular complexity index is 294. The predicted octanol–water partition coefficient (Wildman–Crippen LogP) is 2.30. The number of hydrogen-bond acceptors (Lipinski definition) is 2. The molecule has 2 rings (SSSR count). The molecular weight excluding hydrogens is 238 g/mol. The summed E-state index contributed by atoms with van der Waals surface area (Å²) in [5.74, 6) is 1.01. The molecule has 2 aliphatic rings. The van der Waals surface area contributed by atoms with Crippen molar-refractivity contribution >= 4 is 5.96 Å². The smallest absolute Gasteiger partial charge is 0.191 e. The molecule has 2 fully saturated rings. The fourth-order valence-corrected chi connectivity index (χ4v) is 2.92. The molecule has 0 amide bonds. The summed E-state index contributed by atoms with van der Waals surface area (Å²) in [6, 6.07) is 0.663. The zero-order chi connectivity index (χ0) is 13.6. The van der Waals surface area contributed by atoms with E-state index in [1.54, 1.807) is 7.11 Å². The minimum absolute atomic E-state index is 0.391. The van der Waals surface area contributed by atoms with Gasteiger partial charge in [-0.2, -0.15) is 0 Å². The minimum Gasteiger partial charge on any atom is -0.385 e. The zero-order valence-corrected chi connectivity index (χ0v) is 12.5. The lowest BCUT2D eigenvalue weighted by Gasteiger charge is -2.27. The van der Waals surface area contributed by atoms with Gasteiger partial charge in [-0.15, -0.1) is 0 Å². The van der Waals surface area contributed by atoms with Crippen LogP contribution in [0.25, 0.3) is 0 Å². The maximum atomic E-state index is 5.28. The summed E-state index contributed by atoms with van der Waals surface area (Å²) in [5, 5.41) is 6.86. The van der Waals surface area contributed by atoms with Gasteiger partial charge in [-0.25, -0.2) is 0 Å². The molecule has 0 aromatic carbocycles. The van der Waals surface area contributed by atoms with Crippen molar-refractivity contribution in [3.8, 4) is 0 Å². The highest BCUT2D eigenvalue weighted by Gasteiger charge is 2.33. The molecule has 4 nitrogen and oxygen atoms in total. The van der Waals surface area contributed by atoms with E-state index < -0.39 is 0 Å². The van der Waals surface area contributed by atoms with Gasteiger partial charge in [-0.3, -0.25) is 4.99 Å². The van der Waals surface area contributed by atoms with Gasteiger partial charge in [0, 0.05) is 32.8 Å². The zero-order valence-electron chi connectivity index (χ0n) is 12.5. The highest BCUT2D eigenvalue weighted by molar-refractivity contribution is 5.80. The number of nitrogens with one attached hydrogen (secondary N) is 2. The molecule has 2 saturated carbocycles. The van der Waals surface area contributed by atoms with Gasteiger partial charge < -0.3 is 15.4 Å². The van der Waals surface area contributed by atoms with Crippen LogP contribution in [0.5, 0.6) is 0 Å². The lowest BCUT2D eigenvalue weighted by Crippen LogP contribution is -2.39. The molecule has 0 aromatic rings. The van der Waals surface area contributed by atoms with Crippen LogP contribution < -0.4 is 10.6 Å². The second-order valence-electron chi connectivity index (χ2n) is 6.06. The van der Waals surface area contributed by atoms with Crippen molar-refractivity contribution in [2.24, 2.45) is 10.4 Å². The first kappa shape index (κ1) is 14.6. The SMILES string of the molecule is CCNC(=NCC1(CCOC)CCCC1)NC1CC1. The Morgan fingerprint density at radius 3 is 2.63 bits per heavy atom. The summed E-state index contributed by atoms with van der Waals surface area (Å²) in [6.07, 6.45) is 9.05. The molecule has 0 aromatic heterocycles. The number of methoxy groups -OCH3 is 1. The van der Waals surface area contributed by atoms with Crippen molar-refractivity contribution in [3.63, 3.8) is 0 Å². The van der Waals surface area contributed by atoms with Gasteiger partial charge in [-0.05, 0) is 44.4 Å². The first-order chi connectivity index (χ1) is 9.28. The van der Waals surface area contributed by atoms with E-state index in [1.807, 2.05) is 0 Å². The highest BCUT2D eigenvalue weighted by Crippen LogP contribution is 2.41. The van der Waals surface area contributed by atoms with Gasteiger partial charge in [0.15, 0.2) is 5.96 Å². The first-order valence-corrected chi connectivity index (χ1v) is 7.82. The summed E-state index contributed by atoms with van der Waals surface area (Å²) < 4.78 is 5.28. The Kier molecular flexibility index (Phi) is 5.49. The van der Waals surface area contributed by atoms with Crippen molar-refractivity contribution < 1.29 is 4.74 Å². The average Bonchev–Trinajstić information content (AvgIpc) is 3.11. The van der Waals surface area contributed by atoms with Gasteiger partial charge in [0.25, 0.3) is 0 Å². The normalized spacial score (nSPS) is 22.5. The topological polar surface area (TPSA) is 45.7 Å². The first-order valence-electron chi connectivity index (χ1n) is 7.82. The molecule has 0 bridgehead atoms. The molecule has 2 N–H and O–H groups in total. The number of hydrogen-bond donors (Lipinski definition) is 2. The number of ether oxygens (including phenoxy) is 1. The Hall–Kier alpha value is -0.770. The van der Waals surface area contributed by atoms with E-state index in [1.165, 1.54) is 38.5 Å². The Balaban J connectivity index is 1.89. The number of guanidine groups is 1. The summed E-state index contributed by atoms with van der Waals surface area (Å²) >= 11 is 0. The van der Waals surface area contributed by atoms with Crippen LogP contribution in [-0.4, -0.2) is 38.8 Å². The quantitative estimate of drug-likeness (QED) is 0.549. The summed E-state index contributed by atoms with van der Waals surface area (Å²) in [6.45, 7) is 4.87. The third-order valence-corrected chi connectivity index (χ3v) is 4.34. The Labute approximate surface area is 117 Å². The fourth-order valence-electron chi connectivity index (χ4n) is 2.92. The molecule has 0 saturated heterocycles. The molecule has 0 heterocycles. The van der Waals surface area contributed by atoms with Crippen LogP contribution >= 0.6 is 0 Å². The van der Waals surface area contributed by atoms with Crippen molar-refractivity contribution in [1.29, 1.82) is 0 Å². The molecule has 2 aliphatic carbocycles. The van der Waals surface area contributed by atoms with Crippen molar-refractivity contribution in [3.05, 3.63) is 0 Å². The van der Waals surface area contributed by atoms with E-state index in [0.29, 0.717) is 11.5 Å². The van der Waals surface area contributed by atoms with E-state index in [-0.39, 0.29) is 0 Å². The van der Waals surface area contributed by atoms with Gasteiger partial charge in [0.1, 0.15) is 0 Å². The van der Waals surface area contributed by atoms with Gasteiger partial charge in [-0.1, -0.05) is 12.8 Å². The van der Waals surface area contributed by atoms with Crippen LogP contribution in [0.1, 0.15) is 51.9 Å². The summed E-state index contributed by atoms with van der Waals surface area (Å²) in [5.41, 5.74) is 0.391. The molecule has 19 heavy (non-hydrogen) atoms. The largest absolute Gasteiger partial charge is 0.385 e. The standard InChI is InChI=1S/C15H29N3O/c1-3-16-14(18-13-6-7-13)17-12-15(10-11-19-2)8-4-5-9-15/h13H,3-12H2,1-2H3,(H2,16,17,18). The van der Waals surface area contributed by atoms with E-state index in [0.717, 1.165) is 32.1 Å². The molecule has 0 aliphatic heterocycles.